The lowest BCUT2D eigenvalue weighted by Crippen LogP contribution is -2.52. The van der Waals surface area contributed by atoms with Gasteiger partial charge in [-0.05, 0) is 74.7 Å². The minimum Gasteiger partial charge on any atom is -0.465 e. The Morgan fingerprint density at radius 2 is 1.72 bits per heavy atom. The summed E-state index contributed by atoms with van der Waals surface area (Å²) < 4.78 is 10.6. The van der Waals surface area contributed by atoms with Crippen molar-refractivity contribution < 1.29 is 23.9 Å². The molecule has 2 aromatic carbocycles. The fraction of sp³-hybridized carbons (Fsp3) is 0.333. The molecule has 0 aliphatic carbocycles. The Labute approximate surface area is 210 Å². The van der Waals surface area contributed by atoms with Gasteiger partial charge in [0.25, 0.3) is 5.91 Å². The van der Waals surface area contributed by atoms with E-state index in [0.29, 0.717) is 42.0 Å². The van der Waals surface area contributed by atoms with Crippen LogP contribution >= 0.6 is 0 Å². The number of nitrogen functional groups attached to an aromatic ring is 1. The van der Waals surface area contributed by atoms with E-state index in [-0.39, 0.29) is 17.7 Å². The van der Waals surface area contributed by atoms with Gasteiger partial charge in [0.05, 0.1) is 12.2 Å². The van der Waals surface area contributed by atoms with E-state index in [9.17, 15) is 14.4 Å². The summed E-state index contributed by atoms with van der Waals surface area (Å²) in [4.78, 5) is 37.6. The molecule has 1 heterocycles. The van der Waals surface area contributed by atoms with Gasteiger partial charge >= 0.3 is 11.9 Å². The smallest absolute Gasteiger partial charge is 0.343 e. The van der Waals surface area contributed by atoms with E-state index in [1.165, 1.54) is 0 Å². The monoisotopic (exact) mass is 492 g/mol. The van der Waals surface area contributed by atoms with Gasteiger partial charge in [-0.1, -0.05) is 25.0 Å². The summed E-state index contributed by atoms with van der Waals surface area (Å²) in [6, 6.07) is 12.5. The Morgan fingerprint density at radius 1 is 1.06 bits per heavy atom. The maximum Gasteiger partial charge on any atom is 0.343 e. The van der Waals surface area contributed by atoms with Crippen LogP contribution in [0.4, 0.5) is 0 Å². The molecule has 1 aliphatic heterocycles. The number of hydrogen-bond donors (Lipinski definition) is 3. The molecule has 190 valence electrons. The van der Waals surface area contributed by atoms with Gasteiger partial charge in [0, 0.05) is 17.7 Å². The van der Waals surface area contributed by atoms with Gasteiger partial charge in [-0.15, -0.1) is 0 Å². The molecule has 0 spiro atoms. The van der Waals surface area contributed by atoms with E-state index in [1.807, 2.05) is 0 Å². The van der Waals surface area contributed by atoms with Crippen molar-refractivity contribution in [1.82, 2.24) is 10.4 Å². The highest BCUT2D eigenvalue weighted by Gasteiger charge is 2.30. The number of nitrogens with one attached hydrogen (secondary N) is 2. The SMILES string of the molecule is CCOC(=O)C1CCCCCN1NC(=O)C(C)=Cc1ccc(C(=O)Oc2ccc(C(=N)N)cc2)cc1. The second kappa shape index (κ2) is 12.6. The summed E-state index contributed by atoms with van der Waals surface area (Å²) in [6.07, 6.45) is 5.14. The fourth-order valence-corrected chi connectivity index (χ4v) is 3.84. The lowest BCUT2D eigenvalue weighted by molar-refractivity contribution is -0.151. The number of amidine groups is 1. The Morgan fingerprint density at radius 3 is 2.36 bits per heavy atom. The van der Waals surface area contributed by atoms with Crippen molar-refractivity contribution in [3.8, 4) is 5.75 Å². The normalized spacial score (nSPS) is 16.5. The van der Waals surface area contributed by atoms with Crippen molar-refractivity contribution in [2.45, 2.75) is 45.6 Å². The molecule has 1 fully saturated rings. The van der Waals surface area contributed by atoms with Crippen LogP contribution in [0.15, 0.2) is 54.1 Å². The summed E-state index contributed by atoms with van der Waals surface area (Å²) in [5, 5.41) is 9.10. The zero-order valence-electron chi connectivity index (χ0n) is 20.6. The molecule has 1 amide bonds. The average molecular weight is 493 g/mol. The number of ether oxygens (including phenoxy) is 2. The predicted molar refractivity (Wildman–Crippen MR) is 136 cm³/mol. The van der Waals surface area contributed by atoms with Crippen LogP contribution in [0, 0.1) is 5.41 Å². The molecule has 1 saturated heterocycles. The first-order chi connectivity index (χ1) is 17.3. The zero-order chi connectivity index (χ0) is 26.1. The lowest BCUT2D eigenvalue weighted by atomic mass is 10.1. The first-order valence-corrected chi connectivity index (χ1v) is 12.0. The number of hydrogen-bond acceptors (Lipinski definition) is 7. The first kappa shape index (κ1) is 26.6. The Kier molecular flexibility index (Phi) is 9.35. The number of carbonyl (C=O) groups is 3. The third kappa shape index (κ3) is 7.26. The van der Waals surface area contributed by atoms with Crippen LogP contribution in [0.2, 0.25) is 0 Å². The topological polar surface area (TPSA) is 135 Å². The molecule has 3 rings (SSSR count). The summed E-state index contributed by atoms with van der Waals surface area (Å²) >= 11 is 0. The third-order valence-electron chi connectivity index (χ3n) is 5.82. The van der Waals surface area contributed by atoms with E-state index in [4.69, 9.17) is 20.6 Å². The van der Waals surface area contributed by atoms with E-state index < -0.39 is 12.0 Å². The number of benzene rings is 2. The number of hydrazine groups is 1. The van der Waals surface area contributed by atoms with Crippen LogP contribution in [0.3, 0.4) is 0 Å². The summed E-state index contributed by atoms with van der Waals surface area (Å²) in [7, 11) is 0. The van der Waals surface area contributed by atoms with Gasteiger partial charge in [0.2, 0.25) is 0 Å². The van der Waals surface area contributed by atoms with E-state index >= 15 is 0 Å². The number of rotatable bonds is 8. The van der Waals surface area contributed by atoms with E-state index in [0.717, 1.165) is 24.8 Å². The van der Waals surface area contributed by atoms with Crippen LogP contribution in [0.25, 0.3) is 6.08 Å². The Hall–Kier alpha value is -3.98. The summed E-state index contributed by atoms with van der Waals surface area (Å²) in [6.45, 7) is 4.34. The molecule has 0 aromatic heterocycles. The number of nitrogens with zero attached hydrogens (tertiary/aromatic N) is 1. The minimum absolute atomic E-state index is 0.0641. The van der Waals surface area contributed by atoms with Crippen LogP contribution in [-0.4, -0.2) is 47.9 Å². The standard InChI is InChI=1S/C27H32N4O5/c1-3-35-27(34)23-7-5-4-6-16-31(23)30-25(32)18(2)17-19-8-10-21(11-9-19)26(33)36-22-14-12-20(13-15-22)24(28)29/h8-15,17,23H,3-7,16H2,1-2H3,(H3,28,29)(H,30,32). The highest BCUT2D eigenvalue weighted by molar-refractivity contribution is 5.97. The van der Waals surface area contributed by atoms with Crippen molar-refractivity contribution in [2.24, 2.45) is 5.73 Å². The molecule has 9 heteroatoms. The van der Waals surface area contributed by atoms with Gasteiger partial charge in [-0.3, -0.25) is 20.4 Å². The largest absolute Gasteiger partial charge is 0.465 e. The van der Waals surface area contributed by atoms with Crippen molar-refractivity contribution in [3.05, 3.63) is 70.8 Å². The molecule has 1 unspecified atom stereocenters. The number of carbonyl (C=O) groups excluding carboxylic acids is 3. The summed E-state index contributed by atoms with van der Waals surface area (Å²) in [5.41, 5.74) is 10.4. The zero-order valence-corrected chi connectivity index (χ0v) is 20.6. The molecule has 0 saturated carbocycles. The minimum atomic E-state index is -0.526. The molecule has 4 N–H and O–H groups in total. The molecule has 1 aliphatic rings. The van der Waals surface area contributed by atoms with Crippen LogP contribution in [0.1, 0.15) is 61.0 Å². The van der Waals surface area contributed by atoms with Crippen molar-refractivity contribution >= 4 is 29.8 Å². The highest BCUT2D eigenvalue weighted by Crippen LogP contribution is 2.18. The molecular weight excluding hydrogens is 460 g/mol. The van der Waals surface area contributed by atoms with Gasteiger partial charge < -0.3 is 15.2 Å². The van der Waals surface area contributed by atoms with Gasteiger partial charge in [0.1, 0.15) is 17.6 Å². The number of nitrogens with two attached hydrogens (primary N) is 1. The van der Waals surface area contributed by atoms with Gasteiger partial charge in [-0.25, -0.2) is 9.80 Å². The molecule has 1 atom stereocenters. The highest BCUT2D eigenvalue weighted by atomic mass is 16.5. The molecule has 0 bridgehead atoms. The number of amides is 1. The summed E-state index contributed by atoms with van der Waals surface area (Å²) in [5.74, 6) is -0.870. The van der Waals surface area contributed by atoms with E-state index in [1.54, 1.807) is 73.5 Å². The van der Waals surface area contributed by atoms with Crippen LogP contribution < -0.4 is 15.9 Å². The van der Waals surface area contributed by atoms with Crippen molar-refractivity contribution in [1.29, 1.82) is 5.41 Å². The number of esters is 2. The molecule has 9 nitrogen and oxygen atoms in total. The van der Waals surface area contributed by atoms with Gasteiger partial charge in [0.15, 0.2) is 0 Å². The predicted octanol–water partition coefficient (Wildman–Crippen LogP) is 3.43. The van der Waals surface area contributed by atoms with Crippen molar-refractivity contribution in [2.75, 3.05) is 13.2 Å². The van der Waals surface area contributed by atoms with Gasteiger partial charge in [-0.2, -0.15) is 0 Å². The maximum absolute atomic E-state index is 12.8. The van der Waals surface area contributed by atoms with E-state index in [2.05, 4.69) is 5.43 Å². The third-order valence-corrected chi connectivity index (χ3v) is 5.82. The molecule has 36 heavy (non-hydrogen) atoms. The first-order valence-electron chi connectivity index (χ1n) is 12.0. The average Bonchev–Trinajstić information content (AvgIpc) is 3.10. The molecule has 2 aromatic rings. The Bertz CT molecular complexity index is 1130. The quantitative estimate of drug-likeness (QED) is 0.169. The second-order valence-electron chi connectivity index (χ2n) is 8.53. The second-order valence-corrected chi connectivity index (χ2v) is 8.53. The maximum atomic E-state index is 12.8. The molecular formula is C27H32N4O5. The molecule has 0 radical (unpaired) electrons. The Balaban J connectivity index is 1.62. The van der Waals surface area contributed by atoms with Crippen LogP contribution in [-0.2, 0) is 14.3 Å². The lowest BCUT2D eigenvalue weighted by Gasteiger charge is -2.28. The van der Waals surface area contributed by atoms with Crippen LogP contribution in [0.5, 0.6) is 5.75 Å². The fourth-order valence-electron chi connectivity index (χ4n) is 3.84. The van der Waals surface area contributed by atoms with Crippen molar-refractivity contribution in [3.63, 3.8) is 0 Å².